The van der Waals surface area contributed by atoms with E-state index in [1.807, 2.05) is 6.07 Å². The van der Waals surface area contributed by atoms with Crippen molar-refractivity contribution >= 4 is 37.3 Å². The molecule has 0 bridgehead atoms. The summed E-state index contributed by atoms with van der Waals surface area (Å²) in [5.74, 6) is 0.756. The van der Waals surface area contributed by atoms with E-state index in [4.69, 9.17) is 9.47 Å². The Morgan fingerprint density at radius 3 is 2.75 bits per heavy atom. The fourth-order valence-corrected chi connectivity index (χ4v) is 5.67. The average Bonchev–Trinajstić information content (AvgIpc) is 3.19. The van der Waals surface area contributed by atoms with Gasteiger partial charge in [0.15, 0.2) is 5.82 Å². The lowest BCUT2D eigenvalue weighted by atomic mass is 10.1. The van der Waals surface area contributed by atoms with E-state index in [0.717, 1.165) is 20.5 Å². The summed E-state index contributed by atoms with van der Waals surface area (Å²) < 4.78 is 50.5. The molecule has 1 aliphatic heterocycles. The van der Waals surface area contributed by atoms with Crippen LogP contribution in [0.25, 0.3) is 20.5 Å². The standard InChI is InChI=1S/C21H25FN4O4S2/c1-29-9-10-30-18-12-15(22)3-4-17(18)19-11-14-13-23-25-21(20(14)31-19)24-16-5-7-26(8-6-16)32(2,27)28/h3-4,11-13,16H,5-10H2,1-2H3,(H,24,25). The molecule has 1 fully saturated rings. The molecule has 1 aromatic carbocycles. The zero-order chi connectivity index (χ0) is 22.7. The molecule has 0 amide bonds. The van der Waals surface area contributed by atoms with Crippen molar-refractivity contribution in [1.82, 2.24) is 14.5 Å². The number of sulfonamides is 1. The molecular weight excluding hydrogens is 455 g/mol. The number of aromatic nitrogens is 2. The van der Waals surface area contributed by atoms with Crippen LogP contribution in [0.5, 0.6) is 5.75 Å². The molecule has 1 N–H and O–H groups in total. The number of anilines is 1. The molecule has 1 saturated heterocycles. The number of piperidine rings is 1. The van der Waals surface area contributed by atoms with E-state index in [-0.39, 0.29) is 11.9 Å². The van der Waals surface area contributed by atoms with Crippen LogP contribution < -0.4 is 10.1 Å². The van der Waals surface area contributed by atoms with Gasteiger partial charge in [0, 0.05) is 48.1 Å². The van der Waals surface area contributed by atoms with Gasteiger partial charge >= 0.3 is 0 Å². The van der Waals surface area contributed by atoms with Crippen LogP contribution in [0.2, 0.25) is 0 Å². The molecule has 3 aromatic rings. The van der Waals surface area contributed by atoms with Gasteiger partial charge in [0.2, 0.25) is 10.0 Å². The third-order valence-electron chi connectivity index (χ3n) is 5.35. The van der Waals surface area contributed by atoms with Crippen molar-refractivity contribution in [3.05, 3.63) is 36.3 Å². The molecule has 0 radical (unpaired) electrons. The van der Waals surface area contributed by atoms with Gasteiger partial charge in [-0.2, -0.15) is 5.10 Å². The zero-order valence-electron chi connectivity index (χ0n) is 17.9. The molecule has 11 heteroatoms. The first-order chi connectivity index (χ1) is 15.3. The minimum atomic E-state index is -3.17. The van der Waals surface area contributed by atoms with Crippen LogP contribution in [0.3, 0.4) is 0 Å². The van der Waals surface area contributed by atoms with E-state index in [1.54, 1.807) is 19.4 Å². The molecule has 32 heavy (non-hydrogen) atoms. The number of hydrogen-bond acceptors (Lipinski definition) is 8. The van der Waals surface area contributed by atoms with Crippen molar-refractivity contribution in [2.45, 2.75) is 18.9 Å². The van der Waals surface area contributed by atoms with E-state index in [1.165, 1.54) is 34.0 Å². The van der Waals surface area contributed by atoms with Crippen molar-refractivity contribution in [3.8, 4) is 16.2 Å². The summed E-state index contributed by atoms with van der Waals surface area (Å²) >= 11 is 1.52. The Kier molecular flexibility index (Phi) is 6.89. The number of benzene rings is 1. The first-order valence-corrected chi connectivity index (χ1v) is 12.9. The maximum atomic E-state index is 13.8. The minimum Gasteiger partial charge on any atom is -0.490 e. The summed E-state index contributed by atoms with van der Waals surface area (Å²) in [6.45, 7) is 1.68. The first-order valence-electron chi connectivity index (χ1n) is 10.2. The molecule has 1 aliphatic rings. The van der Waals surface area contributed by atoms with Crippen LogP contribution in [-0.4, -0.2) is 68.6 Å². The van der Waals surface area contributed by atoms with Gasteiger partial charge in [-0.15, -0.1) is 16.4 Å². The number of methoxy groups -OCH3 is 1. The summed E-state index contributed by atoms with van der Waals surface area (Å²) in [4.78, 5) is 0.914. The molecule has 172 valence electrons. The molecule has 0 spiro atoms. The lowest BCUT2D eigenvalue weighted by Crippen LogP contribution is -2.41. The summed E-state index contributed by atoms with van der Waals surface area (Å²) in [7, 11) is -1.58. The van der Waals surface area contributed by atoms with Crippen LogP contribution >= 0.6 is 11.3 Å². The Hall–Kier alpha value is -2.34. The maximum absolute atomic E-state index is 13.8. The van der Waals surface area contributed by atoms with Gasteiger partial charge in [-0.3, -0.25) is 0 Å². The number of halogens is 1. The highest BCUT2D eigenvalue weighted by Crippen LogP contribution is 2.40. The van der Waals surface area contributed by atoms with Crippen molar-refractivity contribution in [2.24, 2.45) is 0 Å². The number of fused-ring (bicyclic) bond motifs is 1. The van der Waals surface area contributed by atoms with Gasteiger partial charge in [0.1, 0.15) is 18.2 Å². The quantitative estimate of drug-likeness (QED) is 0.494. The van der Waals surface area contributed by atoms with E-state index in [9.17, 15) is 12.8 Å². The van der Waals surface area contributed by atoms with Crippen molar-refractivity contribution in [1.29, 1.82) is 0 Å². The van der Waals surface area contributed by atoms with E-state index >= 15 is 0 Å². The number of hydrogen-bond donors (Lipinski definition) is 1. The largest absolute Gasteiger partial charge is 0.490 e. The first kappa shape index (κ1) is 22.8. The fraction of sp³-hybridized carbons (Fsp3) is 0.429. The number of thiophene rings is 1. The molecule has 0 aliphatic carbocycles. The summed E-state index contributed by atoms with van der Waals surface area (Å²) in [5.41, 5.74) is 0.788. The predicted octanol–water partition coefficient (Wildman–Crippen LogP) is 3.36. The lowest BCUT2D eigenvalue weighted by molar-refractivity contribution is 0.146. The lowest BCUT2D eigenvalue weighted by Gasteiger charge is -2.30. The van der Waals surface area contributed by atoms with Gasteiger partial charge in [-0.25, -0.2) is 17.1 Å². The Bertz CT molecular complexity index is 1190. The van der Waals surface area contributed by atoms with Gasteiger partial charge < -0.3 is 14.8 Å². The number of ether oxygens (including phenoxy) is 2. The average molecular weight is 481 g/mol. The van der Waals surface area contributed by atoms with E-state index in [0.29, 0.717) is 50.7 Å². The third kappa shape index (κ3) is 5.17. The second-order valence-electron chi connectivity index (χ2n) is 7.65. The fourth-order valence-electron chi connectivity index (χ4n) is 3.69. The van der Waals surface area contributed by atoms with Gasteiger partial charge in [0.05, 0.1) is 23.8 Å². The summed E-state index contributed by atoms with van der Waals surface area (Å²) in [6.07, 6.45) is 4.32. The Morgan fingerprint density at radius 1 is 1.25 bits per heavy atom. The smallest absolute Gasteiger partial charge is 0.211 e. The van der Waals surface area contributed by atoms with Crippen LogP contribution in [0.15, 0.2) is 30.5 Å². The van der Waals surface area contributed by atoms with Crippen LogP contribution in [-0.2, 0) is 14.8 Å². The normalized spacial score (nSPS) is 15.8. The molecule has 4 rings (SSSR count). The highest BCUT2D eigenvalue weighted by Gasteiger charge is 2.25. The molecule has 0 atom stereocenters. The van der Waals surface area contributed by atoms with E-state index in [2.05, 4.69) is 15.5 Å². The second-order valence-corrected chi connectivity index (χ2v) is 10.7. The van der Waals surface area contributed by atoms with E-state index < -0.39 is 10.0 Å². The van der Waals surface area contributed by atoms with Crippen molar-refractivity contribution < 1.29 is 22.3 Å². The highest BCUT2D eigenvalue weighted by atomic mass is 32.2. The monoisotopic (exact) mass is 480 g/mol. The van der Waals surface area contributed by atoms with Crippen LogP contribution in [0, 0.1) is 5.82 Å². The Balaban J connectivity index is 1.57. The molecule has 0 saturated carbocycles. The van der Waals surface area contributed by atoms with Gasteiger partial charge in [-0.1, -0.05) is 0 Å². The van der Waals surface area contributed by atoms with Gasteiger partial charge in [0.25, 0.3) is 0 Å². The Labute approximate surface area is 190 Å². The molecule has 8 nitrogen and oxygen atoms in total. The van der Waals surface area contributed by atoms with Crippen molar-refractivity contribution in [3.63, 3.8) is 0 Å². The zero-order valence-corrected chi connectivity index (χ0v) is 19.5. The molecular formula is C21H25FN4O4S2. The molecule has 3 heterocycles. The highest BCUT2D eigenvalue weighted by molar-refractivity contribution is 7.88. The topological polar surface area (TPSA) is 93.7 Å². The SMILES string of the molecule is COCCOc1cc(F)ccc1-c1cc2cnnc(NC3CCN(S(C)(=O)=O)CC3)c2s1. The molecule has 0 unspecified atom stereocenters. The summed E-state index contributed by atoms with van der Waals surface area (Å²) in [6, 6.07) is 6.59. The number of nitrogens with zero attached hydrogens (tertiary/aromatic N) is 3. The maximum Gasteiger partial charge on any atom is 0.211 e. The van der Waals surface area contributed by atoms with Crippen LogP contribution in [0.1, 0.15) is 12.8 Å². The van der Waals surface area contributed by atoms with Crippen molar-refractivity contribution in [2.75, 3.05) is 45.0 Å². The van der Waals surface area contributed by atoms with Crippen LogP contribution in [0.4, 0.5) is 10.2 Å². The minimum absolute atomic E-state index is 0.109. The van der Waals surface area contributed by atoms with Gasteiger partial charge in [-0.05, 0) is 31.0 Å². The Morgan fingerprint density at radius 2 is 2.03 bits per heavy atom. The molecule has 2 aromatic heterocycles. The number of rotatable bonds is 8. The summed E-state index contributed by atoms with van der Waals surface area (Å²) in [5, 5.41) is 12.8. The predicted molar refractivity (Wildman–Crippen MR) is 123 cm³/mol. The second kappa shape index (κ2) is 9.65. The third-order valence-corrected chi connectivity index (χ3v) is 7.84. The number of nitrogens with one attached hydrogen (secondary N) is 1.